The molecule has 3 atom stereocenters. The number of H-pyrrole nitrogens is 1. The van der Waals surface area contributed by atoms with Crippen LogP contribution < -0.4 is 0 Å². The first kappa shape index (κ1) is 17.5. The summed E-state index contributed by atoms with van der Waals surface area (Å²) in [5, 5.41) is 12.7. The monoisotopic (exact) mass is 374 g/mol. The number of aliphatic hydroxyl groups is 1. The molecule has 2 heterocycles. The maximum atomic E-state index is 13.4. The molecule has 5 rings (SSSR count). The first-order valence-corrected chi connectivity index (χ1v) is 10.3. The Bertz CT molecular complexity index is 996. The average Bonchev–Trinajstić information content (AvgIpc) is 3.22. The number of fused-ring (bicyclic) bond motifs is 2. The lowest BCUT2D eigenvalue weighted by Gasteiger charge is -2.52. The van der Waals surface area contributed by atoms with Crippen LogP contribution in [-0.2, 0) is 5.60 Å². The van der Waals surface area contributed by atoms with E-state index in [1.807, 2.05) is 65.7 Å². The molecule has 2 fully saturated rings. The van der Waals surface area contributed by atoms with Crippen LogP contribution in [0.5, 0.6) is 0 Å². The summed E-state index contributed by atoms with van der Waals surface area (Å²) in [6, 6.07) is 18.0. The maximum Gasteiger partial charge on any atom is 0.254 e. The summed E-state index contributed by atoms with van der Waals surface area (Å²) in [5.74, 6) is 0.187. The lowest BCUT2D eigenvalue weighted by molar-refractivity contribution is -0.110. The van der Waals surface area contributed by atoms with Crippen LogP contribution in [0.1, 0.15) is 48.0 Å². The zero-order valence-corrected chi connectivity index (χ0v) is 16.0. The standard InChI is InChI=1S/C24H26N2O2/c27-23(18-10-11-21-17(16-18)12-14-25-21)26-15-13-24(28,19-6-2-1-3-7-19)20-8-4-5-9-22(20)26/h1-3,6-7,10-12,14,16,20,22,25,28H,4-5,8-9,13,15H2/t20-,22+,24-/m0/s1. The van der Waals surface area contributed by atoms with E-state index in [1.165, 1.54) is 0 Å². The van der Waals surface area contributed by atoms with Gasteiger partial charge in [0.05, 0.1) is 5.60 Å². The van der Waals surface area contributed by atoms with E-state index in [2.05, 4.69) is 4.98 Å². The van der Waals surface area contributed by atoms with Crippen LogP contribution >= 0.6 is 0 Å². The minimum absolute atomic E-state index is 0.0927. The fourth-order valence-electron chi connectivity index (χ4n) is 5.37. The van der Waals surface area contributed by atoms with Crippen molar-refractivity contribution in [3.05, 3.63) is 71.9 Å². The van der Waals surface area contributed by atoms with Crippen molar-refractivity contribution < 1.29 is 9.90 Å². The van der Waals surface area contributed by atoms with Crippen LogP contribution in [0, 0.1) is 5.92 Å². The molecule has 1 saturated heterocycles. The van der Waals surface area contributed by atoms with E-state index in [0.717, 1.165) is 47.7 Å². The number of nitrogens with one attached hydrogen (secondary N) is 1. The van der Waals surface area contributed by atoms with Gasteiger partial charge < -0.3 is 15.0 Å². The summed E-state index contributed by atoms with van der Waals surface area (Å²) < 4.78 is 0. The Morgan fingerprint density at radius 1 is 1.07 bits per heavy atom. The molecule has 1 amide bonds. The predicted molar refractivity (Wildman–Crippen MR) is 110 cm³/mol. The molecule has 4 nitrogen and oxygen atoms in total. The number of carbonyl (C=O) groups excluding carboxylic acids is 1. The number of nitrogens with zero attached hydrogens (tertiary/aromatic N) is 1. The molecule has 0 radical (unpaired) electrons. The van der Waals surface area contributed by atoms with Gasteiger partial charge in [-0.3, -0.25) is 4.79 Å². The number of aromatic nitrogens is 1. The van der Waals surface area contributed by atoms with E-state index in [4.69, 9.17) is 0 Å². The molecular formula is C24H26N2O2. The number of hydrogen-bond acceptors (Lipinski definition) is 2. The number of hydrogen-bond donors (Lipinski definition) is 2. The van der Waals surface area contributed by atoms with Crippen LogP contribution in [0.4, 0.5) is 0 Å². The molecule has 1 aromatic heterocycles. The van der Waals surface area contributed by atoms with E-state index >= 15 is 0 Å². The number of amides is 1. The zero-order valence-electron chi connectivity index (χ0n) is 16.0. The summed E-state index contributed by atoms with van der Waals surface area (Å²) in [7, 11) is 0. The van der Waals surface area contributed by atoms with Gasteiger partial charge in [-0.2, -0.15) is 0 Å². The SMILES string of the molecule is O=C(c1ccc2[nH]ccc2c1)N1CC[C@](O)(c2ccccc2)[C@H]2CCCC[C@H]21. The fraction of sp³-hybridized carbons (Fsp3) is 0.375. The number of aromatic amines is 1. The van der Waals surface area contributed by atoms with Crippen LogP contribution in [0.25, 0.3) is 10.9 Å². The molecule has 3 aromatic rings. The highest BCUT2D eigenvalue weighted by molar-refractivity contribution is 5.98. The number of rotatable bonds is 2. The second kappa shape index (κ2) is 6.78. The van der Waals surface area contributed by atoms with E-state index in [0.29, 0.717) is 13.0 Å². The molecule has 0 bridgehead atoms. The fourth-order valence-corrected chi connectivity index (χ4v) is 5.37. The molecule has 28 heavy (non-hydrogen) atoms. The number of likely N-dealkylation sites (tertiary alicyclic amines) is 1. The van der Waals surface area contributed by atoms with Gasteiger partial charge in [0.25, 0.3) is 5.91 Å². The number of carbonyl (C=O) groups is 1. The summed E-state index contributed by atoms with van der Waals surface area (Å²) in [6.07, 6.45) is 6.67. The molecule has 0 unspecified atom stereocenters. The maximum absolute atomic E-state index is 13.4. The number of benzene rings is 2. The highest BCUT2D eigenvalue weighted by atomic mass is 16.3. The molecule has 144 valence electrons. The molecule has 2 aromatic carbocycles. The summed E-state index contributed by atoms with van der Waals surface area (Å²) in [6.45, 7) is 0.594. The van der Waals surface area contributed by atoms with E-state index in [9.17, 15) is 9.90 Å². The largest absolute Gasteiger partial charge is 0.385 e. The Kier molecular flexibility index (Phi) is 4.24. The van der Waals surface area contributed by atoms with Gasteiger partial charge in [0, 0.05) is 41.2 Å². The van der Waals surface area contributed by atoms with E-state index in [1.54, 1.807) is 0 Å². The zero-order chi connectivity index (χ0) is 19.1. The van der Waals surface area contributed by atoms with Crippen LogP contribution in [0.3, 0.4) is 0 Å². The quantitative estimate of drug-likeness (QED) is 0.696. The first-order chi connectivity index (χ1) is 13.7. The Morgan fingerprint density at radius 3 is 2.75 bits per heavy atom. The average molecular weight is 374 g/mol. The summed E-state index contributed by atoms with van der Waals surface area (Å²) in [5.41, 5.74) is 1.94. The normalized spacial score (nSPS) is 27.5. The lowest BCUT2D eigenvalue weighted by atomic mass is 9.66. The van der Waals surface area contributed by atoms with Crippen LogP contribution in [0.2, 0.25) is 0 Å². The van der Waals surface area contributed by atoms with Gasteiger partial charge in [0.2, 0.25) is 0 Å². The van der Waals surface area contributed by atoms with E-state index < -0.39 is 5.60 Å². The van der Waals surface area contributed by atoms with Crippen molar-refractivity contribution in [3.63, 3.8) is 0 Å². The molecule has 1 saturated carbocycles. The van der Waals surface area contributed by atoms with Gasteiger partial charge in [-0.15, -0.1) is 0 Å². The van der Waals surface area contributed by atoms with Crippen molar-refractivity contribution in [2.75, 3.05) is 6.54 Å². The smallest absolute Gasteiger partial charge is 0.254 e. The van der Waals surface area contributed by atoms with Gasteiger partial charge in [0.1, 0.15) is 0 Å². The third-order valence-corrected chi connectivity index (χ3v) is 6.81. The van der Waals surface area contributed by atoms with Crippen molar-refractivity contribution in [3.8, 4) is 0 Å². The minimum atomic E-state index is -0.840. The van der Waals surface area contributed by atoms with Crippen molar-refractivity contribution in [1.29, 1.82) is 0 Å². The molecule has 0 spiro atoms. The summed E-state index contributed by atoms with van der Waals surface area (Å²) >= 11 is 0. The third kappa shape index (κ3) is 2.75. The molecule has 2 N–H and O–H groups in total. The van der Waals surface area contributed by atoms with Crippen molar-refractivity contribution in [2.24, 2.45) is 5.92 Å². The van der Waals surface area contributed by atoms with Gasteiger partial charge in [-0.1, -0.05) is 43.2 Å². The van der Waals surface area contributed by atoms with E-state index in [-0.39, 0.29) is 17.9 Å². The Labute approximate surface area is 165 Å². The van der Waals surface area contributed by atoms with Crippen molar-refractivity contribution in [1.82, 2.24) is 9.88 Å². The molecule has 1 aliphatic heterocycles. The molecule has 1 aliphatic carbocycles. The van der Waals surface area contributed by atoms with Gasteiger partial charge >= 0.3 is 0 Å². The predicted octanol–water partition coefficient (Wildman–Crippen LogP) is 4.46. The minimum Gasteiger partial charge on any atom is -0.385 e. The second-order valence-electron chi connectivity index (χ2n) is 8.28. The highest BCUT2D eigenvalue weighted by Gasteiger charge is 2.50. The highest BCUT2D eigenvalue weighted by Crippen LogP contribution is 2.47. The molecule has 2 aliphatic rings. The third-order valence-electron chi connectivity index (χ3n) is 6.81. The molecule has 4 heteroatoms. The number of piperidine rings is 1. The van der Waals surface area contributed by atoms with Crippen LogP contribution in [-0.4, -0.2) is 33.5 Å². The first-order valence-electron chi connectivity index (χ1n) is 10.3. The Hall–Kier alpha value is -2.59. The van der Waals surface area contributed by atoms with Gasteiger partial charge in [-0.05, 0) is 49.1 Å². The van der Waals surface area contributed by atoms with Crippen molar-refractivity contribution >= 4 is 16.8 Å². The molecular weight excluding hydrogens is 348 g/mol. The second-order valence-corrected chi connectivity index (χ2v) is 8.28. The Balaban J connectivity index is 1.47. The van der Waals surface area contributed by atoms with Crippen molar-refractivity contribution in [2.45, 2.75) is 43.7 Å². The summed E-state index contributed by atoms with van der Waals surface area (Å²) in [4.78, 5) is 18.6. The van der Waals surface area contributed by atoms with Gasteiger partial charge in [-0.25, -0.2) is 0 Å². The topological polar surface area (TPSA) is 56.3 Å². The lowest BCUT2D eigenvalue weighted by Crippen LogP contribution is -2.58. The Morgan fingerprint density at radius 2 is 1.89 bits per heavy atom. The van der Waals surface area contributed by atoms with Gasteiger partial charge in [0.15, 0.2) is 0 Å². The van der Waals surface area contributed by atoms with Crippen LogP contribution in [0.15, 0.2) is 60.8 Å².